The van der Waals surface area contributed by atoms with Gasteiger partial charge in [-0.15, -0.1) is 0 Å². The number of nitrogens with zero attached hydrogens (tertiary/aromatic N) is 1. The van der Waals surface area contributed by atoms with Gasteiger partial charge in [0.05, 0.1) is 5.56 Å². The molecule has 0 saturated heterocycles. The van der Waals surface area contributed by atoms with Gasteiger partial charge >= 0.3 is 6.18 Å². The van der Waals surface area contributed by atoms with E-state index >= 15 is 0 Å². The van der Waals surface area contributed by atoms with Gasteiger partial charge < -0.3 is 20.1 Å². The first-order valence-corrected chi connectivity index (χ1v) is 9.42. The number of ether oxygens (including phenoxy) is 2. The molecule has 0 aliphatic carbocycles. The Kier molecular flexibility index (Phi) is 5.66. The number of carbonyl (C=O) groups excluding carboxylic acids is 1. The highest BCUT2D eigenvalue weighted by atomic mass is 19.4. The molecule has 2 N–H and O–H groups in total. The molecule has 0 saturated carbocycles. The van der Waals surface area contributed by atoms with Crippen LogP contribution < -0.4 is 20.1 Å². The minimum Gasteiger partial charge on any atom is -0.454 e. The predicted octanol–water partition coefficient (Wildman–Crippen LogP) is 4.37. The fourth-order valence-corrected chi connectivity index (χ4v) is 3.03. The van der Waals surface area contributed by atoms with Gasteiger partial charge in [-0.05, 0) is 47.5 Å². The molecule has 0 atom stereocenters. The van der Waals surface area contributed by atoms with Crippen molar-refractivity contribution >= 4 is 11.7 Å². The molecule has 0 spiro atoms. The van der Waals surface area contributed by atoms with Gasteiger partial charge in [0.15, 0.2) is 11.5 Å². The van der Waals surface area contributed by atoms with E-state index in [-0.39, 0.29) is 19.0 Å². The molecule has 0 fully saturated rings. The highest BCUT2D eigenvalue weighted by Crippen LogP contribution is 2.32. The number of carbonyl (C=O) groups is 1. The van der Waals surface area contributed by atoms with Crippen LogP contribution >= 0.6 is 0 Å². The van der Waals surface area contributed by atoms with E-state index in [1.165, 1.54) is 18.2 Å². The van der Waals surface area contributed by atoms with Gasteiger partial charge in [0.25, 0.3) is 5.91 Å². The van der Waals surface area contributed by atoms with Crippen LogP contribution in [-0.2, 0) is 19.3 Å². The lowest BCUT2D eigenvalue weighted by molar-refractivity contribution is -0.137. The third-order valence-corrected chi connectivity index (χ3v) is 4.60. The molecule has 6 nitrogen and oxygen atoms in total. The van der Waals surface area contributed by atoms with Crippen molar-refractivity contribution in [3.8, 4) is 11.5 Å². The molecule has 4 rings (SSSR count). The van der Waals surface area contributed by atoms with Crippen LogP contribution in [0.1, 0.15) is 27.2 Å². The number of halogens is 3. The van der Waals surface area contributed by atoms with Crippen molar-refractivity contribution in [1.29, 1.82) is 0 Å². The molecule has 2 heterocycles. The van der Waals surface area contributed by atoms with E-state index < -0.39 is 17.6 Å². The molecule has 2 aromatic carbocycles. The van der Waals surface area contributed by atoms with Crippen molar-refractivity contribution < 1.29 is 27.4 Å². The monoisotopic (exact) mass is 429 g/mol. The van der Waals surface area contributed by atoms with Crippen LogP contribution in [0.5, 0.6) is 11.5 Å². The quantitative estimate of drug-likeness (QED) is 0.609. The average Bonchev–Trinajstić information content (AvgIpc) is 3.24. The van der Waals surface area contributed by atoms with Gasteiger partial charge in [0.2, 0.25) is 6.79 Å². The Hall–Kier alpha value is -3.75. The van der Waals surface area contributed by atoms with E-state index in [0.717, 1.165) is 17.7 Å². The van der Waals surface area contributed by atoms with Crippen LogP contribution in [0.3, 0.4) is 0 Å². The number of alkyl halides is 3. The highest BCUT2D eigenvalue weighted by Gasteiger charge is 2.30. The van der Waals surface area contributed by atoms with Gasteiger partial charge in [0.1, 0.15) is 11.5 Å². The second-order valence-electron chi connectivity index (χ2n) is 6.83. The summed E-state index contributed by atoms with van der Waals surface area (Å²) in [5, 5.41) is 5.73. The van der Waals surface area contributed by atoms with E-state index in [0.29, 0.717) is 29.4 Å². The fraction of sp³-hybridized carbons (Fsp3) is 0.182. The maximum Gasteiger partial charge on any atom is 0.416 e. The van der Waals surface area contributed by atoms with E-state index in [4.69, 9.17) is 9.47 Å². The maximum absolute atomic E-state index is 12.8. The fourth-order valence-electron chi connectivity index (χ4n) is 3.03. The molecule has 0 bridgehead atoms. The highest BCUT2D eigenvalue weighted by molar-refractivity contribution is 5.92. The third kappa shape index (κ3) is 5.06. The largest absolute Gasteiger partial charge is 0.454 e. The third-order valence-electron chi connectivity index (χ3n) is 4.60. The number of anilines is 1. The zero-order valence-corrected chi connectivity index (χ0v) is 16.2. The lowest BCUT2D eigenvalue weighted by Gasteiger charge is -2.10. The summed E-state index contributed by atoms with van der Waals surface area (Å²) in [6, 6.07) is 15.3. The van der Waals surface area contributed by atoms with Gasteiger partial charge in [0, 0.05) is 13.1 Å². The summed E-state index contributed by atoms with van der Waals surface area (Å²) in [4.78, 5) is 16.7. The molecule has 1 aliphatic rings. The molecule has 0 radical (unpaired) electrons. The van der Waals surface area contributed by atoms with E-state index in [2.05, 4.69) is 15.6 Å². The number of benzene rings is 2. The second-order valence-corrected chi connectivity index (χ2v) is 6.83. The Balaban J connectivity index is 1.36. The molecule has 9 heteroatoms. The molecule has 3 aromatic rings. The smallest absolute Gasteiger partial charge is 0.416 e. The number of amides is 1. The van der Waals surface area contributed by atoms with Gasteiger partial charge in [-0.3, -0.25) is 4.79 Å². The summed E-state index contributed by atoms with van der Waals surface area (Å²) < 4.78 is 49.1. The molecule has 0 unspecified atom stereocenters. The number of aromatic nitrogens is 1. The minimum atomic E-state index is -4.43. The number of hydrogen-bond acceptors (Lipinski definition) is 5. The Labute approximate surface area is 176 Å². The summed E-state index contributed by atoms with van der Waals surface area (Å²) in [6.07, 6.45) is -4.43. The normalized spacial score (nSPS) is 12.5. The first-order valence-electron chi connectivity index (χ1n) is 9.42. The summed E-state index contributed by atoms with van der Waals surface area (Å²) in [5.74, 6) is 1.38. The number of hydrogen-bond donors (Lipinski definition) is 2. The number of nitrogens with one attached hydrogen (secondary N) is 2. The minimum absolute atomic E-state index is 0.0424. The summed E-state index contributed by atoms with van der Waals surface area (Å²) >= 11 is 0. The van der Waals surface area contributed by atoms with Crippen LogP contribution in [0.15, 0.2) is 60.7 Å². The molecular weight excluding hydrogens is 411 g/mol. The van der Waals surface area contributed by atoms with Crippen molar-refractivity contribution in [3.63, 3.8) is 0 Å². The number of pyridine rings is 1. The summed E-state index contributed by atoms with van der Waals surface area (Å²) in [7, 11) is 0. The second kappa shape index (κ2) is 8.55. The first kappa shape index (κ1) is 20.5. The van der Waals surface area contributed by atoms with Gasteiger partial charge in [-0.25, -0.2) is 4.98 Å². The first-order chi connectivity index (χ1) is 14.9. The number of fused-ring (bicyclic) bond motifs is 1. The Bertz CT molecular complexity index is 1100. The van der Waals surface area contributed by atoms with Crippen LogP contribution in [0.25, 0.3) is 0 Å². The Morgan fingerprint density at radius 3 is 2.55 bits per heavy atom. The predicted molar refractivity (Wildman–Crippen MR) is 107 cm³/mol. The van der Waals surface area contributed by atoms with E-state index in [1.54, 1.807) is 12.1 Å². The van der Waals surface area contributed by atoms with Crippen LogP contribution in [0, 0.1) is 0 Å². The maximum atomic E-state index is 12.8. The van der Waals surface area contributed by atoms with Crippen LogP contribution in [0.2, 0.25) is 0 Å². The molecular formula is C22H18F3N3O3. The lowest BCUT2D eigenvalue weighted by atomic mass is 10.1. The van der Waals surface area contributed by atoms with Crippen LogP contribution in [0.4, 0.5) is 19.0 Å². The molecule has 160 valence electrons. The van der Waals surface area contributed by atoms with Crippen molar-refractivity contribution in [1.82, 2.24) is 10.3 Å². The zero-order chi connectivity index (χ0) is 21.8. The molecule has 1 aliphatic heterocycles. The van der Waals surface area contributed by atoms with Gasteiger partial charge in [-0.1, -0.05) is 24.3 Å². The molecule has 31 heavy (non-hydrogen) atoms. The Morgan fingerprint density at radius 2 is 1.71 bits per heavy atom. The lowest BCUT2D eigenvalue weighted by Crippen LogP contribution is -2.24. The zero-order valence-electron chi connectivity index (χ0n) is 16.2. The van der Waals surface area contributed by atoms with Crippen LogP contribution in [-0.4, -0.2) is 17.7 Å². The summed E-state index contributed by atoms with van der Waals surface area (Å²) in [6.45, 7) is 0.615. The van der Waals surface area contributed by atoms with Crippen molar-refractivity contribution in [2.75, 3.05) is 12.1 Å². The van der Waals surface area contributed by atoms with E-state index in [9.17, 15) is 18.0 Å². The SMILES string of the molecule is O=C(NCc1cccc(C(F)(F)F)c1)c1cccc(NCc2ccc3c(c2)OCO3)n1. The summed E-state index contributed by atoms with van der Waals surface area (Å²) in [5.41, 5.74) is 0.695. The number of rotatable bonds is 6. The Morgan fingerprint density at radius 1 is 0.935 bits per heavy atom. The van der Waals surface area contributed by atoms with E-state index in [1.807, 2.05) is 18.2 Å². The molecule has 1 aromatic heterocycles. The van der Waals surface area contributed by atoms with Gasteiger partial charge in [-0.2, -0.15) is 13.2 Å². The topological polar surface area (TPSA) is 72.5 Å². The average molecular weight is 429 g/mol. The van der Waals surface area contributed by atoms with Crippen molar-refractivity contribution in [3.05, 3.63) is 83.0 Å². The van der Waals surface area contributed by atoms with Crippen molar-refractivity contribution in [2.45, 2.75) is 19.3 Å². The standard InChI is InChI=1S/C22H18F3N3O3/c23-22(24,25)16-4-1-3-14(9-16)12-27-21(29)17-5-2-6-20(28-17)26-11-15-7-8-18-19(10-15)31-13-30-18/h1-10H,11-13H2,(H,26,28)(H,27,29). The molecule has 1 amide bonds. The van der Waals surface area contributed by atoms with Crippen molar-refractivity contribution in [2.24, 2.45) is 0 Å².